The zero-order valence-electron chi connectivity index (χ0n) is 13.0. The van der Waals surface area contributed by atoms with Crippen LogP contribution in [0.15, 0.2) is 48.5 Å². The predicted molar refractivity (Wildman–Crippen MR) is 93.0 cm³/mol. The van der Waals surface area contributed by atoms with Gasteiger partial charge in [-0.3, -0.25) is 9.59 Å². The molecule has 2 N–H and O–H groups in total. The van der Waals surface area contributed by atoms with Crippen LogP contribution in [-0.2, 0) is 4.79 Å². The van der Waals surface area contributed by atoms with Gasteiger partial charge in [0.1, 0.15) is 0 Å². The maximum atomic E-state index is 11.9. The lowest BCUT2D eigenvalue weighted by atomic mass is 10.2. The van der Waals surface area contributed by atoms with Crippen molar-refractivity contribution in [1.29, 1.82) is 0 Å². The third kappa shape index (κ3) is 5.00. The van der Waals surface area contributed by atoms with Crippen LogP contribution in [0.1, 0.15) is 10.4 Å². The second-order valence-electron chi connectivity index (χ2n) is 5.19. The number of benzene rings is 2. The Bertz CT molecular complexity index is 699. The zero-order valence-corrected chi connectivity index (χ0v) is 13.7. The molecule has 2 aromatic rings. The van der Waals surface area contributed by atoms with Gasteiger partial charge in [-0.25, -0.2) is 0 Å². The minimum atomic E-state index is -0.184. The maximum absolute atomic E-state index is 11.9. The fourth-order valence-corrected chi connectivity index (χ4v) is 2.07. The molecule has 0 radical (unpaired) electrons. The predicted octanol–water partition coefficient (Wildman–Crippen LogP) is 3.09. The van der Waals surface area contributed by atoms with Crippen LogP contribution in [0.25, 0.3) is 0 Å². The van der Waals surface area contributed by atoms with Crippen molar-refractivity contribution in [3.63, 3.8) is 0 Å². The van der Waals surface area contributed by atoms with Crippen LogP contribution >= 0.6 is 11.6 Å². The molecule has 0 unspecified atom stereocenters. The number of nitrogens with zero attached hydrogens (tertiary/aromatic N) is 1. The van der Waals surface area contributed by atoms with Crippen molar-refractivity contribution in [1.82, 2.24) is 4.90 Å². The van der Waals surface area contributed by atoms with Gasteiger partial charge in [-0.05, 0) is 42.5 Å². The third-order valence-electron chi connectivity index (χ3n) is 3.10. The largest absolute Gasteiger partial charge is 0.376 e. The topological polar surface area (TPSA) is 61.4 Å². The molecule has 0 aromatic heterocycles. The van der Waals surface area contributed by atoms with Gasteiger partial charge in [-0.1, -0.05) is 17.7 Å². The van der Waals surface area contributed by atoms with Crippen molar-refractivity contribution < 1.29 is 9.59 Å². The van der Waals surface area contributed by atoms with E-state index < -0.39 is 0 Å². The Morgan fingerprint density at radius 1 is 1.04 bits per heavy atom. The Labute approximate surface area is 140 Å². The molecule has 0 spiro atoms. The molecule has 6 heteroatoms. The van der Waals surface area contributed by atoms with Crippen molar-refractivity contribution >= 4 is 34.8 Å². The van der Waals surface area contributed by atoms with Crippen LogP contribution in [-0.4, -0.2) is 37.4 Å². The van der Waals surface area contributed by atoms with Crippen LogP contribution < -0.4 is 10.6 Å². The number of anilines is 2. The number of rotatable bonds is 5. The van der Waals surface area contributed by atoms with Crippen molar-refractivity contribution in [2.24, 2.45) is 0 Å². The van der Waals surface area contributed by atoms with E-state index in [0.29, 0.717) is 22.0 Å². The van der Waals surface area contributed by atoms with E-state index in [1.165, 1.54) is 4.90 Å². The maximum Gasteiger partial charge on any atom is 0.253 e. The van der Waals surface area contributed by atoms with E-state index in [4.69, 9.17) is 11.6 Å². The molecular weight excluding hydrogens is 314 g/mol. The highest BCUT2D eigenvalue weighted by molar-refractivity contribution is 6.30. The standard InChI is InChI=1S/C17H18ClN3O2/c1-21(2)17(23)12-4-3-5-15(10-12)19-11-16(22)20-14-8-6-13(18)7-9-14/h3-10,19H,11H2,1-2H3,(H,20,22). The molecule has 0 bridgehead atoms. The van der Waals surface area contributed by atoms with E-state index in [-0.39, 0.29) is 18.4 Å². The number of carbonyl (C=O) groups excluding carboxylic acids is 2. The molecule has 0 aliphatic carbocycles. The second kappa shape index (κ2) is 7.65. The van der Waals surface area contributed by atoms with E-state index in [0.717, 1.165) is 0 Å². The summed E-state index contributed by atoms with van der Waals surface area (Å²) in [5.41, 5.74) is 1.96. The molecule has 0 fully saturated rings. The van der Waals surface area contributed by atoms with E-state index in [9.17, 15) is 9.59 Å². The van der Waals surface area contributed by atoms with Crippen molar-refractivity contribution in [2.75, 3.05) is 31.3 Å². The summed E-state index contributed by atoms with van der Waals surface area (Å²) in [5, 5.41) is 6.38. The number of nitrogens with one attached hydrogen (secondary N) is 2. The summed E-state index contributed by atoms with van der Waals surface area (Å²) in [6.45, 7) is 0.0994. The molecule has 5 nitrogen and oxygen atoms in total. The molecule has 0 heterocycles. The summed E-state index contributed by atoms with van der Waals surface area (Å²) in [6.07, 6.45) is 0. The van der Waals surface area contributed by atoms with E-state index in [2.05, 4.69) is 10.6 Å². The quantitative estimate of drug-likeness (QED) is 0.885. The lowest BCUT2D eigenvalue weighted by molar-refractivity contribution is -0.114. The van der Waals surface area contributed by atoms with Crippen LogP contribution in [0.5, 0.6) is 0 Å². The smallest absolute Gasteiger partial charge is 0.253 e. The molecule has 120 valence electrons. The summed E-state index contributed by atoms with van der Waals surface area (Å²) < 4.78 is 0. The average Bonchev–Trinajstić information content (AvgIpc) is 2.54. The van der Waals surface area contributed by atoms with Gasteiger partial charge < -0.3 is 15.5 Å². The first kappa shape index (κ1) is 16.8. The monoisotopic (exact) mass is 331 g/mol. The Morgan fingerprint density at radius 3 is 2.39 bits per heavy atom. The van der Waals surface area contributed by atoms with E-state index in [1.54, 1.807) is 56.6 Å². The highest BCUT2D eigenvalue weighted by Gasteiger charge is 2.08. The molecular formula is C17H18ClN3O2. The molecule has 2 rings (SSSR count). The van der Waals surface area contributed by atoms with Crippen LogP contribution in [0.4, 0.5) is 11.4 Å². The van der Waals surface area contributed by atoms with Gasteiger partial charge in [0, 0.05) is 36.1 Å². The summed E-state index contributed by atoms with van der Waals surface area (Å²) in [4.78, 5) is 25.3. The first-order valence-corrected chi connectivity index (χ1v) is 7.44. The molecule has 0 saturated heterocycles. The number of hydrogen-bond acceptors (Lipinski definition) is 3. The van der Waals surface area contributed by atoms with Crippen LogP contribution in [0, 0.1) is 0 Å². The lowest BCUT2D eigenvalue weighted by Crippen LogP contribution is -2.23. The van der Waals surface area contributed by atoms with Crippen molar-refractivity contribution in [3.8, 4) is 0 Å². The molecule has 0 aliphatic heterocycles. The fraction of sp³-hybridized carbons (Fsp3) is 0.176. The summed E-state index contributed by atoms with van der Waals surface area (Å²) in [6, 6.07) is 13.9. The van der Waals surface area contributed by atoms with Gasteiger partial charge in [0.2, 0.25) is 5.91 Å². The van der Waals surface area contributed by atoms with Crippen molar-refractivity contribution in [2.45, 2.75) is 0 Å². The van der Waals surface area contributed by atoms with Crippen molar-refractivity contribution in [3.05, 3.63) is 59.1 Å². The van der Waals surface area contributed by atoms with Gasteiger partial charge in [0.05, 0.1) is 6.54 Å². The molecule has 2 amide bonds. The number of amides is 2. The highest BCUT2D eigenvalue weighted by atomic mass is 35.5. The first-order valence-electron chi connectivity index (χ1n) is 7.07. The molecule has 2 aromatic carbocycles. The molecule has 23 heavy (non-hydrogen) atoms. The SMILES string of the molecule is CN(C)C(=O)c1cccc(NCC(=O)Nc2ccc(Cl)cc2)c1. The molecule has 0 aliphatic rings. The molecule has 0 saturated carbocycles. The minimum absolute atomic E-state index is 0.0840. The number of hydrogen-bond donors (Lipinski definition) is 2. The minimum Gasteiger partial charge on any atom is -0.376 e. The zero-order chi connectivity index (χ0) is 16.8. The Morgan fingerprint density at radius 2 is 1.74 bits per heavy atom. The highest BCUT2D eigenvalue weighted by Crippen LogP contribution is 2.14. The van der Waals surface area contributed by atoms with Gasteiger partial charge in [-0.2, -0.15) is 0 Å². The van der Waals surface area contributed by atoms with E-state index >= 15 is 0 Å². The Balaban J connectivity index is 1.92. The first-order chi connectivity index (χ1) is 11.0. The van der Waals surface area contributed by atoms with Gasteiger partial charge >= 0.3 is 0 Å². The van der Waals surface area contributed by atoms with Gasteiger partial charge in [-0.15, -0.1) is 0 Å². The summed E-state index contributed by atoms with van der Waals surface area (Å²) >= 11 is 5.80. The fourth-order valence-electron chi connectivity index (χ4n) is 1.94. The summed E-state index contributed by atoms with van der Waals surface area (Å²) in [7, 11) is 3.39. The van der Waals surface area contributed by atoms with Gasteiger partial charge in [0.15, 0.2) is 0 Å². The average molecular weight is 332 g/mol. The number of halogens is 1. The normalized spacial score (nSPS) is 10.0. The Hall–Kier alpha value is -2.53. The number of carbonyl (C=O) groups is 2. The summed E-state index contributed by atoms with van der Waals surface area (Å²) in [5.74, 6) is -0.268. The van der Waals surface area contributed by atoms with E-state index in [1.807, 2.05) is 6.07 Å². The van der Waals surface area contributed by atoms with Crippen LogP contribution in [0.3, 0.4) is 0 Å². The third-order valence-corrected chi connectivity index (χ3v) is 3.35. The molecule has 0 atom stereocenters. The Kier molecular flexibility index (Phi) is 5.60. The second-order valence-corrected chi connectivity index (χ2v) is 5.63. The lowest BCUT2D eigenvalue weighted by Gasteiger charge is -2.12. The van der Waals surface area contributed by atoms with Gasteiger partial charge in [0.25, 0.3) is 5.91 Å². The van der Waals surface area contributed by atoms with Crippen LogP contribution in [0.2, 0.25) is 5.02 Å².